The van der Waals surface area contributed by atoms with E-state index in [0.29, 0.717) is 6.04 Å². The maximum Gasteiger partial charge on any atom is 0.303 e. The van der Waals surface area contributed by atoms with Crippen LogP contribution in [0, 0.1) is 0 Å². The molecule has 0 aliphatic rings. The van der Waals surface area contributed by atoms with Crippen molar-refractivity contribution in [2.75, 3.05) is 13.2 Å². The lowest BCUT2D eigenvalue weighted by Gasteiger charge is -2.18. The molecule has 0 fully saturated rings. The topological polar surface area (TPSA) is 78.9 Å². The van der Waals surface area contributed by atoms with Crippen LogP contribution < -0.4 is 0 Å². The van der Waals surface area contributed by atoms with Gasteiger partial charge in [0.25, 0.3) is 0 Å². The van der Waals surface area contributed by atoms with Gasteiger partial charge >= 0.3 is 17.9 Å². The van der Waals surface area contributed by atoms with Crippen molar-refractivity contribution in [3.8, 4) is 0 Å². The summed E-state index contributed by atoms with van der Waals surface area (Å²) in [4.78, 5) is 33.1. The van der Waals surface area contributed by atoms with E-state index in [1.807, 2.05) is 0 Å². The minimum atomic E-state index is -1.53. The Labute approximate surface area is 114 Å². The summed E-state index contributed by atoms with van der Waals surface area (Å²) in [6.45, 7) is 8.43. The largest absolute Gasteiger partial charge is 0.462 e. The quantitative estimate of drug-likeness (QED) is 0.400. The smallest absolute Gasteiger partial charge is 0.303 e. The molecule has 0 rings (SSSR count). The Morgan fingerprint density at radius 3 is 1.89 bits per heavy atom. The molecule has 0 aromatic heterocycles. The minimum Gasteiger partial charge on any atom is -0.462 e. The summed E-state index contributed by atoms with van der Waals surface area (Å²) in [5, 5.41) is 0. The lowest BCUT2D eigenvalue weighted by molar-refractivity contribution is -0.163. The highest BCUT2D eigenvalue weighted by Gasteiger charge is 2.21. The molecule has 6 nitrogen and oxygen atoms in total. The van der Waals surface area contributed by atoms with Crippen molar-refractivity contribution in [2.45, 2.75) is 45.6 Å². The van der Waals surface area contributed by atoms with E-state index in [2.05, 4.69) is 19.6 Å². The van der Waals surface area contributed by atoms with Gasteiger partial charge in [0.15, 0.2) is 6.10 Å². The summed E-state index contributed by atoms with van der Waals surface area (Å²) in [6, 6.07) is 0.396. The number of carbonyl (C=O) groups is 3. The fourth-order valence-corrected chi connectivity index (χ4v) is 2.20. The Morgan fingerprint density at radius 2 is 1.47 bits per heavy atom. The highest BCUT2D eigenvalue weighted by Crippen LogP contribution is 2.09. The second kappa shape index (κ2) is 7.93. The van der Waals surface area contributed by atoms with Crippen LogP contribution in [0.25, 0.3) is 0 Å². The number of carbonyl (C=O) groups excluding carboxylic acids is 3. The highest BCUT2D eigenvalue weighted by molar-refractivity contribution is 6.78. The van der Waals surface area contributed by atoms with Gasteiger partial charge in [-0.05, 0) is 0 Å². The van der Waals surface area contributed by atoms with Crippen LogP contribution in [0.4, 0.5) is 0 Å². The third-order valence-corrected chi connectivity index (χ3v) is 3.26. The lowest BCUT2D eigenvalue weighted by Crippen LogP contribution is -2.31. The molecule has 110 valence electrons. The van der Waals surface area contributed by atoms with Crippen LogP contribution in [0.2, 0.25) is 25.7 Å². The number of ether oxygens (including phenoxy) is 3. The van der Waals surface area contributed by atoms with Crippen LogP contribution in [-0.2, 0) is 28.6 Å². The van der Waals surface area contributed by atoms with Crippen molar-refractivity contribution in [2.24, 2.45) is 0 Å². The van der Waals surface area contributed by atoms with Crippen molar-refractivity contribution in [3.05, 3.63) is 0 Å². The summed E-state index contributed by atoms with van der Waals surface area (Å²) in [5.41, 5.74) is 0. The van der Waals surface area contributed by atoms with Gasteiger partial charge in [0.1, 0.15) is 13.2 Å². The Hall–Kier alpha value is -1.37. The molecule has 0 amide bonds. The molecule has 0 aliphatic carbocycles. The molecule has 0 spiro atoms. The monoisotopic (exact) mass is 290 g/mol. The molecule has 0 heterocycles. The molecule has 1 atom stereocenters. The SMILES string of the molecule is CC(=O)OCC(COC(=O)C[Si](C)(C)C)OC(C)=O. The highest BCUT2D eigenvalue weighted by atomic mass is 28.3. The third-order valence-electron chi connectivity index (χ3n) is 1.91. The predicted octanol–water partition coefficient (Wildman–Crippen LogP) is 1.36. The van der Waals surface area contributed by atoms with Gasteiger partial charge in [0.2, 0.25) is 0 Å². The van der Waals surface area contributed by atoms with Crippen LogP contribution in [0.3, 0.4) is 0 Å². The van der Waals surface area contributed by atoms with Gasteiger partial charge in [0, 0.05) is 19.9 Å². The summed E-state index contributed by atoms with van der Waals surface area (Å²) >= 11 is 0. The molecule has 0 bridgehead atoms. The zero-order valence-corrected chi connectivity index (χ0v) is 13.1. The number of esters is 3. The fourth-order valence-electron chi connectivity index (χ4n) is 1.23. The molecule has 19 heavy (non-hydrogen) atoms. The summed E-state index contributed by atoms with van der Waals surface area (Å²) in [7, 11) is -1.53. The lowest BCUT2D eigenvalue weighted by atomic mass is 10.4. The first-order chi connectivity index (χ1) is 8.60. The first-order valence-electron chi connectivity index (χ1n) is 6.06. The van der Waals surface area contributed by atoms with Crippen LogP contribution in [-0.4, -0.2) is 45.3 Å². The van der Waals surface area contributed by atoms with Gasteiger partial charge in [-0.2, -0.15) is 0 Å². The summed E-state index contributed by atoms with van der Waals surface area (Å²) in [5.74, 6) is -1.32. The van der Waals surface area contributed by atoms with E-state index in [1.54, 1.807) is 0 Å². The van der Waals surface area contributed by atoms with Crippen molar-refractivity contribution < 1.29 is 28.6 Å². The molecular formula is C12H22O6Si. The van der Waals surface area contributed by atoms with E-state index >= 15 is 0 Å². The predicted molar refractivity (Wildman–Crippen MR) is 71.3 cm³/mol. The average Bonchev–Trinajstić information content (AvgIpc) is 2.18. The minimum absolute atomic E-state index is 0.101. The van der Waals surface area contributed by atoms with Crippen LogP contribution in [0.5, 0.6) is 0 Å². The van der Waals surface area contributed by atoms with E-state index in [1.165, 1.54) is 13.8 Å². The van der Waals surface area contributed by atoms with Crippen molar-refractivity contribution >= 4 is 26.0 Å². The molecule has 0 saturated heterocycles. The van der Waals surface area contributed by atoms with Crippen molar-refractivity contribution in [3.63, 3.8) is 0 Å². The van der Waals surface area contributed by atoms with Crippen LogP contribution >= 0.6 is 0 Å². The molecule has 0 aromatic rings. The Morgan fingerprint density at radius 1 is 0.947 bits per heavy atom. The maximum atomic E-state index is 11.6. The molecular weight excluding hydrogens is 268 g/mol. The molecule has 7 heteroatoms. The van der Waals surface area contributed by atoms with Gasteiger partial charge in [-0.1, -0.05) is 19.6 Å². The molecule has 0 N–H and O–H groups in total. The number of hydrogen-bond acceptors (Lipinski definition) is 6. The zero-order valence-electron chi connectivity index (χ0n) is 12.1. The number of hydrogen-bond donors (Lipinski definition) is 0. The Bertz CT molecular complexity index is 334. The first kappa shape index (κ1) is 17.6. The van der Waals surface area contributed by atoms with Gasteiger partial charge in [-0.3, -0.25) is 14.4 Å². The van der Waals surface area contributed by atoms with Gasteiger partial charge in [0.05, 0.1) is 8.07 Å². The third kappa shape index (κ3) is 11.4. The normalized spacial score (nSPS) is 12.5. The Kier molecular flexibility index (Phi) is 7.36. The van der Waals surface area contributed by atoms with E-state index < -0.39 is 26.1 Å². The maximum absolute atomic E-state index is 11.6. The second-order valence-corrected chi connectivity index (χ2v) is 10.9. The molecule has 0 aromatic carbocycles. The first-order valence-corrected chi connectivity index (χ1v) is 9.77. The van der Waals surface area contributed by atoms with E-state index in [0.717, 1.165) is 0 Å². The van der Waals surface area contributed by atoms with Gasteiger partial charge < -0.3 is 14.2 Å². The van der Waals surface area contributed by atoms with Crippen LogP contribution in [0.15, 0.2) is 0 Å². The van der Waals surface area contributed by atoms with Crippen molar-refractivity contribution in [1.82, 2.24) is 0 Å². The molecule has 1 unspecified atom stereocenters. The molecule has 0 radical (unpaired) electrons. The standard InChI is InChI=1S/C12H22O6Si/c1-9(13)16-6-11(18-10(2)14)7-17-12(15)8-19(3,4)5/h11H,6-8H2,1-5H3. The van der Waals surface area contributed by atoms with Crippen LogP contribution in [0.1, 0.15) is 13.8 Å². The van der Waals surface area contributed by atoms with E-state index in [9.17, 15) is 14.4 Å². The average molecular weight is 290 g/mol. The fraction of sp³-hybridized carbons (Fsp3) is 0.750. The van der Waals surface area contributed by atoms with Crippen molar-refractivity contribution in [1.29, 1.82) is 0 Å². The van der Waals surface area contributed by atoms with E-state index in [-0.39, 0.29) is 19.2 Å². The number of rotatable bonds is 7. The van der Waals surface area contributed by atoms with Gasteiger partial charge in [-0.15, -0.1) is 0 Å². The van der Waals surface area contributed by atoms with E-state index in [4.69, 9.17) is 14.2 Å². The second-order valence-electron chi connectivity index (χ2n) is 5.45. The Balaban J connectivity index is 4.21. The zero-order chi connectivity index (χ0) is 15.1. The molecule has 0 aliphatic heterocycles. The molecule has 0 saturated carbocycles. The summed E-state index contributed by atoms with van der Waals surface area (Å²) in [6.07, 6.45) is -0.757. The van der Waals surface area contributed by atoms with Gasteiger partial charge in [-0.25, -0.2) is 0 Å². The summed E-state index contributed by atoms with van der Waals surface area (Å²) < 4.78 is 14.7.